The van der Waals surface area contributed by atoms with Gasteiger partial charge in [0, 0.05) is 25.8 Å². The van der Waals surface area contributed by atoms with E-state index >= 15 is 0 Å². The molecule has 103 valence electrons. The maximum Gasteiger partial charge on any atom is 0.511 e. The van der Waals surface area contributed by atoms with Gasteiger partial charge in [-0.05, 0) is 0 Å². The zero-order valence-corrected chi connectivity index (χ0v) is 12.4. The number of hydrogen-bond donors (Lipinski definition) is 2. The molecule has 0 rings (SSSR count). The van der Waals surface area contributed by atoms with E-state index in [9.17, 15) is 43.2 Å². The molecule has 6 nitrogen and oxygen atoms in total. The van der Waals surface area contributed by atoms with Gasteiger partial charge < -0.3 is 0 Å². The van der Waals surface area contributed by atoms with Gasteiger partial charge in [-0.1, -0.05) is 0 Å². The van der Waals surface area contributed by atoms with E-state index in [0.29, 0.717) is 0 Å². The van der Waals surface area contributed by atoms with Gasteiger partial charge in [0.05, 0.1) is 0 Å². The van der Waals surface area contributed by atoms with Crippen molar-refractivity contribution < 1.29 is 43.2 Å². The van der Waals surface area contributed by atoms with Crippen molar-refractivity contribution in [2.45, 2.75) is 11.0 Å². The summed E-state index contributed by atoms with van der Waals surface area (Å²) in [6.45, 7) is 0. The smallest absolute Gasteiger partial charge is 0.221 e. The van der Waals surface area contributed by atoms with Crippen LogP contribution in [0.25, 0.3) is 0 Å². The first-order valence-corrected chi connectivity index (χ1v) is 5.77. The molecule has 0 heterocycles. The van der Waals surface area contributed by atoms with Gasteiger partial charge in [0.25, 0.3) is 0 Å². The fraction of sp³-hybridized carbons (Fsp3) is 1.00. The van der Waals surface area contributed by atoms with Gasteiger partial charge >= 0.3 is 31.1 Å². The van der Waals surface area contributed by atoms with Crippen LogP contribution in [0.5, 0.6) is 0 Å². The molecular formula is C2H4F6InN2O4S2. The Morgan fingerprint density at radius 1 is 0.647 bits per heavy atom. The minimum Gasteiger partial charge on any atom is -0.221 e. The Labute approximate surface area is 110 Å². The van der Waals surface area contributed by atoms with Gasteiger partial charge in [0.1, 0.15) is 0 Å². The number of halogens is 6. The number of hydrogen-bond acceptors (Lipinski definition) is 4. The predicted octanol–water partition coefficient (Wildman–Crippen LogP) is -0.791. The van der Waals surface area contributed by atoms with E-state index in [0.717, 1.165) is 0 Å². The number of nitrogens with two attached hydrogens (primary N) is 2. The number of alkyl halides is 6. The van der Waals surface area contributed by atoms with E-state index in [-0.39, 0.29) is 25.8 Å². The van der Waals surface area contributed by atoms with Crippen molar-refractivity contribution in [2.75, 3.05) is 0 Å². The third kappa shape index (κ3) is 9.93. The summed E-state index contributed by atoms with van der Waals surface area (Å²) in [5.41, 5.74) is -10.6. The quantitative estimate of drug-likeness (QED) is 0.506. The molecule has 15 heteroatoms. The normalized spacial score (nSPS) is 13.2. The Morgan fingerprint density at radius 3 is 0.706 bits per heavy atom. The molecule has 4 N–H and O–H groups in total. The molecule has 0 aliphatic heterocycles. The molecule has 17 heavy (non-hydrogen) atoms. The molecule has 0 unspecified atom stereocenters. The van der Waals surface area contributed by atoms with Crippen LogP contribution in [0, 0.1) is 0 Å². The molecule has 0 fully saturated rings. The molecule has 0 aromatic heterocycles. The average molecular weight is 413 g/mol. The van der Waals surface area contributed by atoms with E-state index in [1.54, 1.807) is 0 Å². The van der Waals surface area contributed by atoms with Crippen molar-refractivity contribution in [3.63, 3.8) is 0 Å². The molecule has 0 saturated carbocycles. The van der Waals surface area contributed by atoms with E-state index in [2.05, 4.69) is 10.3 Å². The van der Waals surface area contributed by atoms with E-state index in [1.807, 2.05) is 0 Å². The fourth-order valence-corrected chi connectivity index (χ4v) is 0. The maximum atomic E-state index is 10.8. The second-order valence-electron chi connectivity index (χ2n) is 1.98. The molecule has 0 aliphatic rings. The first-order chi connectivity index (χ1) is 6.50. The Balaban J connectivity index is -0.000000218. The van der Waals surface area contributed by atoms with Crippen LogP contribution in [0.1, 0.15) is 0 Å². The molecule has 0 aromatic carbocycles. The topological polar surface area (TPSA) is 120 Å². The summed E-state index contributed by atoms with van der Waals surface area (Å²) in [5, 5.41) is 7.32. The molecule has 0 aromatic rings. The van der Waals surface area contributed by atoms with Gasteiger partial charge in [-0.2, -0.15) is 26.3 Å². The van der Waals surface area contributed by atoms with Gasteiger partial charge in [-0.15, -0.1) is 0 Å². The first-order valence-electron chi connectivity index (χ1n) is 2.68. The summed E-state index contributed by atoms with van der Waals surface area (Å²) in [6.07, 6.45) is 0. The molecule has 0 atom stereocenters. The summed E-state index contributed by atoms with van der Waals surface area (Å²) in [7, 11) is -10.7. The van der Waals surface area contributed by atoms with Gasteiger partial charge in [-0.3, -0.25) is 0 Å². The fourth-order valence-electron chi connectivity index (χ4n) is 0. The van der Waals surface area contributed by atoms with E-state index in [1.165, 1.54) is 0 Å². The second kappa shape index (κ2) is 6.44. The van der Waals surface area contributed by atoms with Crippen molar-refractivity contribution in [1.29, 1.82) is 0 Å². The number of sulfonamides is 2. The first kappa shape index (κ1) is 22.5. The second-order valence-corrected chi connectivity index (χ2v) is 5.09. The van der Waals surface area contributed by atoms with E-state index < -0.39 is 31.1 Å². The maximum absolute atomic E-state index is 10.8. The van der Waals surface area contributed by atoms with Crippen LogP contribution >= 0.6 is 0 Å². The molecule has 0 aliphatic carbocycles. The molecule has 0 spiro atoms. The Kier molecular flexibility index (Phi) is 8.51. The molecule has 0 bridgehead atoms. The summed E-state index contributed by atoms with van der Waals surface area (Å²) in [6, 6.07) is 0. The zero-order valence-electron chi connectivity index (χ0n) is 7.45. The van der Waals surface area contributed by atoms with Crippen molar-refractivity contribution >= 4 is 45.9 Å². The zero-order chi connectivity index (χ0) is 14.0. The van der Waals surface area contributed by atoms with Gasteiger partial charge in [0.15, 0.2) is 0 Å². The summed E-state index contributed by atoms with van der Waals surface area (Å²) in [4.78, 5) is 0. The Hall–Kier alpha value is 0.270. The van der Waals surface area contributed by atoms with Crippen LogP contribution in [0.15, 0.2) is 0 Å². The van der Waals surface area contributed by atoms with Crippen LogP contribution in [0.4, 0.5) is 26.3 Å². The van der Waals surface area contributed by atoms with Crippen LogP contribution < -0.4 is 10.3 Å². The number of primary sulfonamides is 2. The minimum absolute atomic E-state index is 0. The van der Waals surface area contributed by atoms with Gasteiger partial charge in [-0.25, -0.2) is 27.1 Å². The van der Waals surface area contributed by atoms with Crippen molar-refractivity contribution in [3.8, 4) is 0 Å². The minimum atomic E-state index is -5.34. The van der Waals surface area contributed by atoms with Crippen molar-refractivity contribution in [2.24, 2.45) is 10.3 Å². The van der Waals surface area contributed by atoms with E-state index in [4.69, 9.17) is 0 Å². The van der Waals surface area contributed by atoms with Crippen LogP contribution in [-0.2, 0) is 20.0 Å². The molecule has 0 amide bonds. The average Bonchev–Trinajstić information content (AvgIpc) is 1.77. The summed E-state index contributed by atoms with van der Waals surface area (Å²) in [5.74, 6) is 0. The van der Waals surface area contributed by atoms with Gasteiger partial charge in [0.2, 0.25) is 0 Å². The van der Waals surface area contributed by atoms with Crippen molar-refractivity contribution in [1.82, 2.24) is 0 Å². The van der Waals surface area contributed by atoms with Crippen molar-refractivity contribution in [3.05, 3.63) is 0 Å². The third-order valence-electron chi connectivity index (χ3n) is 0.645. The Bertz CT molecular complexity index is 380. The standard InChI is InChI=1S/2CH2F3NO2S.In/c2*2-1(3,4)8(5,6)7;/h2*(H2,5,6,7);. The summed E-state index contributed by atoms with van der Waals surface area (Å²) >= 11 is 0. The monoisotopic (exact) mass is 413 g/mol. The van der Waals surface area contributed by atoms with Crippen LogP contribution in [0.3, 0.4) is 0 Å². The third-order valence-corrected chi connectivity index (χ3v) is 1.94. The SMILES string of the molecule is NS(=O)(=O)C(F)(F)F.NS(=O)(=O)C(F)(F)F.[In]. The Morgan fingerprint density at radius 2 is 0.706 bits per heavy atom. The molecule has 3 radical (unpaired) electrons. The van der Waals surface area contributed by atoms with Crippen LogP contribution in [0.2, 0.25) is 0 Å². The number of rotatable bonds is 0. The predicted molar refractivity (Wildman–Crippen MR) is 44.1 cm³/mol. The summed E-state index contributed by atoms with van der Waals surface area (Å²) < 4.78 is 102. The molecule has 0 saturated heterocycles. The van der Waals surface area contributed by atoms with Crippen LogP contribution in [-0.4, -0.2) is 53.7 Å². The molecular weight excluding hydrogens is 409 g/mol. The largest absolute Gasteiger partial charge is 0.511 e.